The SMILES string of the molecule is CCCCC1CSc2cc(OC)c(Cl)cc2C(c2ccc(F)cc2)C1. The van der Waals surface area contributed by atoms with Crippen molar-refractivity contribution in [2.45, 2.75) is 43.4 Å². The number of thioether (sulfide) groups is 1. The summed E-state index contributed by atoms with van der Waals surface area (Å²) in [5.41, 5.74) is 2.40. The first-order valence-corrected chi connectivity index (χ1v) is 10.2. The maximum atomic E-state index is 13.4. The van der Waals surface area contributed by atoms with Gasteiger partial charge in [-0.25, -0.2) is 4.39 Å². The minimum absolute atomic E-state index is 0.192. The van der Waals surface area contributed by atoms with Crippen LogP contribution in [0.15, 0.2) is 41.3 Å². The zero-order chi connectivity index (χ0) is 17.8. The molecule has 134 valence electrons. The molecule has 4 heteroatoms. The fraction of sp³-hybridized carbons (Fsp3) is 0.429. The molecule has 2 atom stereocenters. The molecular weight excluding hydrogens is 355 g/mol. The Balaban J connectivity index is 2.01. The number of halogens is 2. The topological polar surface area (TPSA) is 9.23 Å². The highest BCUT2D eigenvalue weighted by Gasteiger charge is 2.27. The van der Waals surface area contributed by atoms with Gasteiger partial charge >= 0.3 is 0 Å². The van der Waals surface area contributed by atoms with Gasteiger partial charge in [-0.2, -0.15) is 0 Å². The largest absolute Gasteiger partial charge is 0.495 e. The smallest absolute Gasteiger partial charge is 0.138 e. The summed E-state index contributed by atoms with van der Waals surface area (Å²) in [5, 5.41) is 0.640. The fourth-order valence-electron chi connectivity index (χ4n) is 3.54. The van der Waals surface area contributed by atoms with E-state index in [0.717, 1.165) is 23.5 Å². The highest BCUT2D eigenvalue weighted by molar-refractivity contribution is 7.99. The maximum absolute atomic E-state index is 13.4. The third-order valence-electron chi connectivity index (χ3n) is 4.94. The number of methoxy groups -OCH3 is 1. The number of ether oxygens (including phenoxy) is 1. The predicted octanol–water partition coefficient (Wildman–Crippen LogP) is 6.92. The second-order valence-corrected chi connectivity index (χ2v) is 8.15. The first kappa shape index (κ1) is 18.6. The predicted molar refractivity (Wildman–Crippen MR) is 105 cm³/mol. The number of rotatable bonds is 5. The van der Waals surface area contributed by atoms with Crippen LogP contribution < -0.4 is 4.74 Å². The van der Waals surface area contributed by atoms with E-state index in [2.05, 4.69) is 13.0 Å². The molecule has 1 heterocycles. The van der Waals surface area contributed by atoms with Crippen LogP contribution in [-0.2, 0) is 0 Å². The molecule has 2 unspecified atom stereocenters. The van der Waals surface area contributed by atoms with Crippen LogP contribution >= 0.6 is 23.4 Å². The Kier molecular flexibility index (Phi) is 6.29. The summed E-state index contributed by atoms with van der Waals surface area (Å²) in [5.74, 6) is 2.53. The van der Waals surface area contributed by atoms with Gasteiger partial charge in [0, 0.05) is 16.6 Å². The van der Waals surface area contributed by atoms with Crippen molar-refractivity contribution in [2.75, 3.05) is 12.9 Å². The minimum Gasteiger partial charge on any atom is -0.495 e. The van der Waals surface area contributed by atoms with Crippen LogP contribution in [0, 0.1) is 11.7 Å². The maximum Gasteiger partial charge on any atom is 0.138 e. The Morgan fingerprint density at radius 1 is 1.24 bits per heavy atom. The van der Waals surface area contributed by atoms with E-state index in [1.165, 1.54) is 29.7 Å². The first-order valence-electron chi connectivity index (χ1n) is 8.88. The summed E-state index contributed by atoms with van der Waals surface area (Å²) < 4.78 is 18.8. The first-order chi connectivity index (χ1) is 12.1. The molecule has 0 aliphatic carbocycles. The zero-order valence-corrected chi connectivity index (χ0v) is 16.3. The van der Waals surface area contributed by atoms with Crippen molar-refractivity contribution in [1.82, 2.24) is 0 Å². The molecule has 1 aliphatic heterocycles. The van der Waals surface area contributed by atoms with E-state index in [1.807, 2.05) is 30.0 Å². The lowest BCUT2D eigenvalue weighted by Crippen LogP contribution is -2.09. The van der Waals surface area contributed by atoms with Crippen molar-refractivity contribution in [3.05, 3.63) is 58.4 Å². The van der Waals surface area contributed by atoms with E-state index >= 15 is 0 Å². The summed E-state index contributed by atoms with van der Waals surface area (Å²) >= 11 is 8.31. The third kappa shape index (κ3) is 4.32. The lowest BCUT2D eigenvalue weighted by Gasteiger charge is -2.22. The van der Waals surface area contributed by atoms with Gasteiger partial charge in [0.15, 0.2) is 0 Å². The Hall–Kier alpha value is -1.19. The summed E-state index contributed by atoms with van der Waals surface area (Å²) in [6.07, 6.45) is 4.78. The summed E-state index contributed by atoms with van der Waals surface area (Å²) in [7, 11) is 1.65. The van der Waals surface area contributed by atoms with Crippen molar-refractivity contribution >= 4 is 23.4 Å². The molecule has 25 heavy (non-hydrogen) atoms. The average molecular weight is 379 g/mol. The van der Waals surface area contributed by atoms with Crippen molar-refractivity contribution in [3.63, 3.8) is 0 Å². The number of hydrogen-bond acceptors (Lipinski definition) is 2. The standard InChI is InChI=1S/C21H24ClFOS/c1-3-4-5-14-10-17(15-6-8-16(23)9-7-15)18-11-19(22)20(24-2)12-21(18)25-13-14/h6-9,11-12,14,17H,3-5,10,13H2,1-2H3. The van der Waals surface area contributed by atoms with Gasteiger partial charge in [-0.05, 0) is 54.2 Å². The monoisotopic (exact) mass is 378 g/mol. The van der Waals surface area contributed by atoms with Gasteiger partial charge in [-0.15, -0.1) is 11.8 Å². The van der Waals surface area contributed by atoms with Gasteiger partial charge in [0.1, 0.15) is 11.6 Å². The van der Waals surface area contributed by atoms with Crippen LogP contribution in [0.25, 0.3) is 0 Å². The summed E-state index contributed by atoms with van der Waals surface area (Å²) in [4.78, 5) is 1.23. The third-order valence-corrected chi connectivity index (χ3v) is 6.54. The number of benzene rings is 2. The van der Waals surface area contributed by atoms with Crippen molar-refractivity contribution < 1.29 is 9.13 Å². The van der Waals surface area contributed by atoms with Gasteiger partial charge in [0.25, 0.3) is 0 Å². The Morgan fingerprint density at radius 2 is 2.00 bits per heavy atom. The molecule has 0 spiro atoms. The molecular formula is C21H24ClFOS. The van der Waals surface area contributed by atoms with Crippen LogP contribution in [0.2, 0.25) is 5.02 Å². The molecule has 0 bridgehead atoms. The van der Waals surface area contributed by atoms with Crippen molar-refractivity contribution in [3.8, 4) is 5.75 Å². The van der Waals surface area contributed by atoms with E-state index in [4.69, 9.17) is 16.3 Å². The normalized spacial score (nSPS) is 20.0. The van der Waals surface area contributed by atoms with Crippen LogP contribution in [-0.4, -0.2) is 12.9 Å². The highest BCUT2D eigenvalue weighted by Crippen LogP contribution is 2.46. The van der Waals surface area contributed by atoms with E-state index in [-0.39, 0.29) is 11.7 Å². The van der Waals surface area contributed by atoms with E-state index in [0.29, 0.717) is 10.9 Å². The molecule has 1 aliphatic rings. The Morgan fingerprint density at radius 3 is 2.68 bits per heavy atom. The molecule has 1 nitrogen and oxygen atoms in total. The van der Waals surface area contributed by atoms with E-state index < -0.39 is 0 Å². The summed E-state index contributed by atoms with van der Waals surface area (Å²) in [6, 6.07) is 11.0. The van der Waals surface area contributed by atoms with Crippen LogP contribution in [0.1, 0.15) is 49.7 Å². The van der Waals surface area contributed by atoms with E-state index in [9.17, 15) is 4.39 Å². The molecule has 3 rings (SSSR count). The van der Waals surface area contributed by atoms with Gasteiger partial charge < -0.3 is 4.74 Å². The molecule has 0 aromatic heterocycles. The number of unbranched alkanes of at least 4 members (excludes halogenated alkanes) is 1. The molecule has 2 aromatic rings. The molecule has 0 radical (unpaired) electrons. The minimum atomic E-state index is -0.192. The molecule has 0 saturated heterocycles. The average Bonchev–Trinajstić information content (AvgIpc) is 2.79. The van der Waals surface area contributed by atoms with Gasteiger partial charge in [-0.1, -0.05) is 43.5 Å². The van der Waals surface area contributed by atoms with Gasteiger partial charge in [0.2, 0.25) is 0 Å². The Bertz CT molecular complexity index is 717. The Labute approximate surface area is 158 Å². The van der Waals surface area contributed by atoms with Gasteiger partial charge in [-0.3, -0.25) is 0 Å². The molecule has 2 aromatic carbocycles. The fourth-order valence-corrected chi connectivity index (χ4v) is 5.07. The van der Waals surface area contributed by atoms with Crippen LogP contribution in [0.5, 0.6) is 5.75 Å². The number of fused-ring (bicyclic) bond motifs is 1. The number of hydrogen-bond donors (Lipinski definition) is 0. The second-order valence-electron chi connectivity index (χ2n) is 6.68. The zero-order valence-electron chi connectivity index (χ0n) is 14.7. The second kappa shape index (κ2) is 8.46. The highest BCUT2D eigenvalue weighted by atomic mass is 35.5. The quantitative estimate of drug-likeness (QED) is 0.558. The summed E-state index contributed by atoms with van der Waals surface area (Å²) in [6.45, 7) is 2.24. The lowest BCUT2D eigenvalue weighted by atomic mass is 9.82. The molecule has 0 amide bonds. The molecule has 0 fully saturated rings. The van der Waals surface area contributed by atoms with Gasteiger partial charge in [0.05, 0.1) is 12.1 Å². The lowest BCUT2D eigenvalue weighted by molar-refractivity contribution is 0.413. The van der Waals surface area contributed by atoms with Crippen LogP contribution in [0.4, 0.5) is 4.39 Å². The molecule has 0 saturated carbocycles. The van der Waals surface area contributed by atoms with E-state index in [1.54, 1.807) is 19.2 Å². The van der Waals surface area contributed by atoms with Crippen molar-refractivity contribution in [2.24, 2.45) is 5.92 Å². The van der Waals surface area contributed by atoms with Crippen molar-refractivity contribution in [1.29, 1.82) is 0 Å². The molecule has 0 N–H and O–H groups in total. The van der Waals surface area contributed by atoms with Crippen LogP contribution in [0.3, 0.4) is 0 Å².